The van der Waals surface area contributed by atoms with Gasteiger partial charge >= 0.3 is 0 Å². The van der Waals surface area contributed by atoms with Crippen molar-refractivity contribution in [2.24, 2.45) is 0 Å². The average molecular weight is 377 g/mol. The monoisotopic (exact) mass is 376 g/mol. The van der Waals surface area contributed by atoms with Crippen LogP contribution in [0.4, 0.5) is 0 Å². The van der Waals surface area contributed by atoms with Gasteiger partial charge in [-0.3, -0.25) is 14.2 Å². The van der Waals surface area contributed by atoms with Crippen LogP contribution in [0.1, 0.15) is 47.2 Å². The first-order valence-electron chi connectivity index (χ1n) is 9.40. The Bertz CT molecular complexity index is 869. The van der Waals surface area contributed by atoms with Gasteiger partial charge in [-0.05, 0) is 46.3 Å². The van der Waals surface area contributed by atoms with Crippen LogP contribution in [0.2, 0.25) is 0 Å². The van der Waals surface area contributed by atoms with Gasteiger partial charge in [0, 0.05) is 32.6 Å². The third-order valence-electron chi connectivity index (χ3n) is 5.09. The van der Waals surface area contributed by atoms with Crippen LogP contribution in [0.15, 0.2) is 4.79 Å². The molecule has 0 saturated carbocycles. The zero-order valence-corrected chi connectivity index (χ0v) is 17.0. The normalized spacial score (nSPS) is 14.5. The molecule has 0 aliphatic carbocycles. The molecule has 1 aliphatic heterocycles. The quantitative estimate of drug-likeness (QED) is 0.805. The maximum absolute atomic E-state index is 13.0. The van der Waals surface area contributed by atoms with Crippen LogP contribution in [0, 0.1) is 6.92 Å². The number of carbonyl (C=O) groups excluding carboxylic acids is 1. The minimum atomic E-state index is 0.00874. The zero-order valence-electron chi connectivity index (χ0n) is 16.2. The van der Waals surface area contributed by atoms with E-state index in [0.29, 0.717) is 28.2 Å². The van der Waals surface area contributed by atoms with Crippen molar-refractivity contribution >= 4 is 27.5 Å². The zero-order chi connectivity index (χ0) is 18.8. The van der Waals surface area contributed by atoms with E-state index in [4.69, 9.17) is 4.98 Å². The molecule has 0 atom stereocenters. The van der Waals surface area contributed by atoms with Crippen molar-refractivity contribution in [3.63, 3.8) is 0 Å². The fraction of sp³-hybridized carbons (Fsp3) is 0.632. The van der Waals surface area contributed by atoms with Crippen LogP contribution in [0.25, 0.3) is 10.2 Å². The van der Waals surface area contributed by atoms with Gasteiger partial charge in [0.15, 0.2) is 0 Å². The highest BCUT2D eigenvalue weighted by molar-refractivity contribution is 7.20. The Morgan fingerprint density at radius 3 is 2.69 bits per heavy atom. The van der Waals surface area contributed by atoms with Crippen LogP contribution in [-0.4, -0.2) is 59.0 Å². The van der Waals surface area contributed by atoms with E-state index >= 15 is 0 Å². The highest BCUT2D eigenvalue weighted by atomic mass is 32.1. The Morgan fingerprint density at radius 1 is 1.23 bits per heavy atom. The number of aryl methyl sites for hydroxylation is 2. The van der Waals surface area contributed by atoms with E-state index in [1.807, 2.05) is 37.4 Å². The lowest BCUT2D eigenvalue weighted by Gasteiger charge is -2.22. The summed E-state index contributed by atoms with van der Waals surface area (Å²) in [6.07, 6.45) is 4.07. The SMILES string of the molecule is CCN(CCN(C)C)C(=O)c1sc2nc3n(c(=O)c2c1C)CCCCC3. The van der Waals surface area contributed by atoms with Crippen molar-refractivity contribution in [1.29, 1.82) is 0 Å². The molecule has 0 N–H and O–H groups in total. The second-order valence-electron chi connectivity index (χ2n) is 7.22. The molecule has 0 unspecified atom stereocenters. The van der Waals surface area contributed by atoms with Gasteiger partial charge in [0.25, 0.3) is 11.5 Å². The smallest absolute Gasteiger partial charge is 0.264 e. The lowest BCUT2D eigenvalue weighted by molar-refractivity contribution is 0.0758. The predicted octanol–water partition coefficient (Wildman–Crippen LogP) is 2.52. The van der Waals surface area contributed by atoms with E-state index in [-0.39, 0.29) is 11.5 Å². The molecule has 0 aromatic carbocycles. The summed E-state index contributed by atoms with van der Waals surface area (Å²) in [7, 11) is 4.00. The number of hydrogen-bond donors (Lipinski definition) is 0. The van der Waals surface area contributed by atoms with Crippen LogP contribution in [0.5, 0.6) is 0 Å². The van der Waals surface area contributed by atoms with E-state index in [1.165, 1.54) is 11.3 Å². The highest BCUT2D eigenvalue weighted by Gasteiger charge is 2.24. The topological polar surface area (TPSA) is 58.4 Å². The molecule has 142 valence electrons. The molecule has 0 fully saturated rings. The first kappa shape index (κ1) is 19.0. The minimum Gasteiger partial charge on any atom is -0.337 e. The van der Waals surface area contributed by atoms with Crippen LogP contribution < -0.4 is 5.56 Å². The van der Waals surface area contributed by atoms with Gasteiger partial charge in [0.1, 0.15) is 10.7 Å². The standard InChI is InChI=1S/C19H28N4O2S/c1-5-22(12-11-21(3)4)19(25)16-13(2)15-17(26-16)20-14-9-7-6-8-10-23(14)18(15)24/h5-12H2,1-4H3. The second kappa shape index (κ2) is 7.88. The molecule has 3 rings (SSSR count). The molecular formula is C19H28N4O2S. The Labute approximate surface area is 158 Å². The summed E-state index contributed by atoms with van der Waals surface area (Å²) in [5, 5.41) is 0.632. The van der Waals surface area contributed by atoms with Crippen LogP contribution in [-0.2, 0) is 13.0 Å². The Balaban J connectivity index is 2.02. The van der Waals surface area contributed by atoms with Crippen molar-refractivity contribution in [3.8, 4) is 0 Å². The molecule has 0 bridgehead atoms. The molecule has 1 aliphatic rings. The van der Waals surface area contributed by atoms with Crippen molar-refractivity contribution < 1.29 is 4.79 Å². The Hall–Kier alpha value is -1.73. The maximum atomic E-state index is 13.0. The minimum absolute atomic E-state index is 0.00874. The molecule has 26 heavy (non-hydrogen) atoms. The molecule has 7 heteroatoms. The Morgan fingerprint density at radius 2 is 2.00 bits per heavy atom. The van der Waals surface area contributed by atoms with E-state index in [2.05, 4.69) is 4.90 Å². The molecule has 2 aromatic heterocycles. The van der Waals surface area contributed by atoms with Gasteiger partial charge in [-0.15, -0.1) is 11.3 Å². The summed E-state index contributed by atoms with van der Waals surface area (Å²) in [5.74, 6) is 0.884. The lowest BCUT2D eigenvalue weighted by atomic mass is 10.2. The van der Waals surface area contributed by atoms with Gasteiger partial charge in [0.2, 0.25) is 0 Å². The number of nitrogens with zero attached hydrogens (tertiary/aromatic N) is 4. The Kier molecular flexibility index (Phi) is 5.77. The summed E-state index contributed by atoms with van der Waals surface area (Å²) in [4.78, 5) is 36.1. The largest absolute Gasteiger partial charge is 0.337 e. The summed E-state index contributed by atoms with van der Waals surface area (Å²) in [6, 6.07) is 0. The van der Waals surface area contributed by atoms with Gasteiger partial charge in [-0.25, -0.2) is 4.98 Å². The number of hydrogen-bond acceptors (Lipinski definition) is 5. The predicted molar refractivity (Wildman–Crippen MR) is 106 cm³/mol. The van der Waals surface area contributed by atoms with Gasteiger partial charge < -0.3 is 9.80 Å². The summed E-state index contributed by atoms with van der Waals surface area (Å²) in [5.41, 5.74) is 0.811. The number of aromatic nitrogens is 2. The number of likely N-dealkylation sites (N-methyl/N-ethyl adjacent to an activating group) is 2. The van der Waals surface area contributed by atoms with Crippen molar-refractivity contribution in [1.82, 2.24) is 19.4 Å². The number of carbonyl (C=O) groups is 1. The third-order valence-corrected chi connectivity index (χ3v) is 6.27. The average Bonchev–Trinajstić information content (AvgIpc) is 2.78. The van der Waals surface area contributed by atoms with Gasteiger partial charge in [0.05, 0.1) is 10.3 Å². The molecule has 0 spiro atoms. The number of amides is 1. The van der Waals surface area contributed by atoms with E-state index in [0.717, 1.165) is 50.2 Å². The first-order valence-corrected chi connectivity index (χ1v) is 10.2. The molecular weight excluding hydrogens is 348 g/mol. The number of fused-ring (bicyclic) bond motifs is 2. The fourth-order valence-corrected chi connectivity index (χ4v) is 4.64. The van der Waals surface area contributed by atoms with Gasteiger partial charge in [-0.2, -0.15) is 0 Å². The molecule has 3 heterocycles. The third kappa shape index (κ3) is 3.55. The molecule has 1 amide bonds. The molecule has 2 aromatic rings. The summed E-state index contributed by atoms with van der Waals surface area (Å²) < 4.78 is 1.83. The van der Waals surface area contributed by atoms with Crippen molar-refractivity contribution in [2.45, 2.75) is 46.1 Å². The molecule has 6 nitrogen and oxygen atoms in total. The number of rotatable bonds is 5. The van der Waals surface area contributed by atoms with Crippen molar-refractivity contribution in [2.75, 3.05) is 33.7 Å². The van der Waals surface area contributed by atoms with E-state index in [1.54, 1.807) is 0 Å². The summed E-state index contributed by atoms with van der Waals surface area (Å²) in [6.45, 7) is 6.77. The molecule has 0 radical (unpaired) electrons. The van der Waals surface area contributed by atoms with Crippen LogP contribution >= 0.6 is 11.3 Å². The van der Waals surface area contributed by atoms with Crippen molar-refractivity contribution in [3.05, 3.63) is 26.6 Å². The summed E-state index contributed by atoms with van der Waals surface area (Å²) >= 11 is 1.37. The lowest BCUT2D eigenvalue weighted by Crippen LogP contribution is -2.36. The second-order valence-corrected chi connectivity index (χ2v) is 8.22. The maximum Gasteiger partial charge on any atom is 0.264 e. The molecule has 0 saturated heterocycles. The van der Waals surface area contributed by atoms with Crippen LogP contribution in [0.3, 0.4) is 0 Å². The van der Waals surface area contributed by atoms with Gasteiger partial charge in [-0.1, -0.05) is 6.42 Å². The highest BCUT2D eigenvalue weighted by Crippen LogP contribution is 2.29. The fourth-order valence-electron chi connectivity index (χ4n) is 3.48. The number of thiophene rings is 1. The first-order chi connectivity index (χ1) is 12.4. The van der Waals surface area contributed by atoms with E-state index in [9.17, 15) is 9.59 Å². The van der Waals surface area contributed by atoms with E-state index < -0.39 is 0 Å².